The molecule has 0 heterocycles. The second-order valence-corrected chi connectivity index (χ2v) is 3.46. The van der Waals surface area contributed by atoms with Crippen molar-refractivity contribution in [1.82, 2.24) is 5.32 Å². The molecule has 17 heavy (non-hydrogen) atoms. The number of carbonyl (C=O) groups excluding carboxylic acids is 3. The molecule has 0 spiro atoms. The summed E-state index contributed by atoms with van der Waals surface area (Å²) in [5.41, 5.74) is 0. The van der Waals surface area contributed by atoms with Gasteiger partial charge in [-0.15, -0.1) is 0 Å². The zero-order chi connectivity index (χ0) is 13.3. The lowest BCUT2D eigenvalue weighted by Gasteiger charge is -2.15. The Labute approximate surface area is 101 Å². The smallest absolute Gasteiger partial charge is 0.407 e. The first-order valence-electron chi connectivity index (χ1n) is 5.60. The second-order valence-electron chi connectivity index (χ2n) is 3.46. The Morgan fingerprint density at radius 3 is 2.29 bits per heavy atom. The fourth-order valence-corrected chi connectivity index (χ4v) is 1.03. The average Bonchev–Trinajstić information content (AvgIpc) is 2.24. The van der Waals surface area contributed by atoms with E-state index in [0.29, 0.717) is 12.8 Å². The number of rotatable bonds is 7. The van der Waals surface area contributed by atoms with Crippen molar-refractivity contribution in [1.29, 1.82) is 0 Å². The van der Waals surface area contributed by atoms with Gasteiger partial charge in [0.2, 0.25) is 0 Å². The number of hydrogen-bond acceptors (Lipinski definition) is 5. The van der Waals surface area contributed by atoms with Gasteiger partial charge in [0.05, 0.1) is 6.61 Å². The van der Waals surface area contributed by atoms with Gasteiger partial charge in [-0.05, 0) is 20.3 Å². The van der Waals surface area contributed by atoms with Gasteiger partial charge >= 0.3 is 12.1 Å². The van der Waals surface area contributed by atoms with Crippen molar-refractivity contribution in [2.75, 3.05) is 13.2 Å². The van der Waals surface area contributed by atoms with Crippen LogP contribution in [0.1, 0.15) is 33.6 Å². The van der Waals surface area contributed by atoms with Crippen molar-refractivity contribution in [3.63, 3.8) is 0 Å². The summed E-state index contributed by atoms with van der Waals surface area (Å²) in [7, 11) is 0. The molecular weight excluding hydrogens is 226 g/mol. The number of carbonyl (C=O) groups is 3. The highest BCUT2D eigenvalue weighted by Gasteiger charge is 2.19. The maximum atomic E-state index is 11.2. The molecule has 0 aliphatic carbocycles. The first-order valence-corrected chi connectivity index (χ1v) is 5.60. The molecule has 6 nitrogen and oxygen atoms in total. The van der Waals surface area contributed by atoms with Crippen LogP contribution in [0, 0.1) is 0 Å². The van der Waals surface area contributed by atoms with Crippen LogP contribution in [0.2, 0.25) is 0 Å². The van der Waals surface area contributed by atoms with Crippen LogP contribution < -0.4 is 5.32 Å². The summed E-state index contributed by atoms with van der Waals surface area (Å²) in [6, 6.07) is -0.852. The van der Waals surface area contributed by atoms with E-state index in [4.69, 9.17) is 4.74 Å². The highest BCUT2D eigenvalue weighted by molar-refractivity contribution is 5.85. The minimum atomic E-state index is -0.852. The van der Waals surface area contributed by atoms with E-state index in [1.54, 1.807) is 6.92 Å². The van der Waals surface area contributed by atoms with Crippen LogP contribution >= 0.6 is 0 Å². The van der Waals surface area contributed by atoms with E-state index in [1.165, 1.54) is 6.92 Å². The van der Waals surface area contributed by atoms with Crippen molar-refractivity contribution in [3.05, 3.63) is 0 Å². The fraction of sp³-hybridized carbons (Fsp3) is 0.727. The van der Waals surface area contributed by atoms with Gasteiger partial charge < -0.3 is 14.8 Å². The Kier molecular flexibility index (Phi) is 7.75. The molecule has 1 unspecified atom stereocenters. The standard InChI is InChI=1S/C11H19NO5/c1-4-6-10(14)17-7-9(8(3)13)12-11(15)16-5-2/h9H,4-7H2,1-3H3,(H,12,15). The van der Waals surface area contributed by atoms with Crippen LogP contribution in [-0.2, 0) is 19.1 Å². The molecule has 0 bridgehead atoms. The lowest BCUT2D eigenvalue weighted by Crippen LogP contribution is -2.43. The van der Waals surface area contributed by atoms with Crippen LogP contribution in [0.5, 0.6) is 0 Å². The summed E-state index contributed by atoms with van der Waals surface area (Å²) in [6.07, 6.45) is 0.276. The number of nitrogens with one attached hydrogen (secondary N) is 1. The lowest BCUT2D eigenvalue weighted by molar-refractivity contribution is -0.145. The van der Waals surface area contributed by atoms with Gasteiger partial charge in [-0.1, -0.05) is 6.92 Å². The Bertz CT molecular complexity index is 277. The molecule has 6 heteroatoms. The van der Waals surface area contributed by atoms with E-state index in [1.807, 2.05) is 6.92 Å². The first-order chi connectivity index (χ1) is 8.01. The third-order valence-corrected chi connectivity index (χ3v) is 1.92. The number of esters is 1. The van der Waals surface area contributed by atoms with E-state index in [-0.39, 0.29) is 25.0 Å². The molecule has 0 fully saturated rings. The number of Topliss-reactive ketones (excluding diaryl/α,β-unsaturated/α-hetero) is 1. The number of amides is 1. The molecule has 0 aromatic heterocycles. The number of ether oxygens (including phenoxy) is 2. The van der Waals surface area contributed by atoms with E-state index in [2.05, 4.69) is 10.1 Å². The SMILES string of the molecule is CCCC(=O)OCC(NC(=O)OCC)C(C)=O. The highest BCUT2D eigenvalue weighted by Crippen LogP contribution is 1.95. The molecular formula is C11H19NO5. The summed E-state index contributed by atoms with van der Waals surface area (Å²) in [6.45, 7) is 4.87. The van der Waals surface area contributed by atoms with Crippen molar-refractivity contribution >= 4 is 17.8 Å². The predicted octanol–water partition coefficient (Wildman–Crippen LogP) is 1.03. The van der Waals surface area contributed by atoms with Crippen LogP contribution in [0.3, 0.4) is 0 Å². The predicted molar refractivity (Wildman–Crippen MR) is 60.5 cm³/mol. The maximum Gasteiger partial charge on any atom is 0.407 e. The quantitative estimate of drug-likeness (QED) is 0.677. The Morgan fingerprint density at radius 2 is 1.82 bits per heavy atom. The van der Waals surface area contributed by atoms with Gasteiger partial charge in [-0.3, -0.25) is 9.59 Å². The largest absolute Gasteiger partial charge is 0.463 e. The third kappa shape index (κ3) is 7.32. The maximum absolute atomic E-state index is 11.2. The average molecular weight is 245 g/mol. The van der Waals surface area contributed by atoms with E-state index in [9.17, 15) is 14.4 Å². The van der Waals surface area contributed by atoms with Crippen molar-refractivity contribution < 1.29 is 23.9 Å². The topological polar surface area (TPSA) is 81.7 Å². The molecule has 0 aliphatic rings. The summed E-state index contributed by atoms with van der Waals surface area (Å²) < 4.78 is 9.49. The first kappa shape index (κ1) is 15.4. The van der Waals surface area contributed by atoms with Crippen molar-refractivity contribution in [2.45, 2.75) is 39.7 Å². The van der Waals surface area contributed by atoms with Crippen LogP contribution in [0.15, 0.2) is 0 Å². The molecule has 0 rings (SSSR count). The molecule has 0 radical (unpaired) electrons. The van der Waals surface area contributed by atoms with E-state index in [0.717, 1.165) is 0 Å². The molecule has 0 saturated heterocycles. The molecule has 1 amide bonds. The zero-order valence-corrected chi connectivity index (χ0v) is 10.4. The highest BCUT2D eigenvalue weighted by atomic mass is 16.6. The Morgan fingerprint density at radius 1 is 1.18 bits per heavy atom. The van der Waals surface area contributed by atoms with E-state index >= 15 is 0 Å². The molecule has 1 atom stereocenters. The van der Waals surface area contributed by atoms with E-state index < -0.39 is 12.1 Å². The van der Waals surface area contributed by atoms with Gasteiger partial charge in [0.25, 0.3) is 0 Å². The normalized spacial score (nSPS) is 11.5. The minimum Gasteiger partial charge on any atom is -0.463 e. The molecule has 98 valence electrons. The third-order valence-electron chi connectivity index (χ3n) is 1.92. The Balaban J connectivity index is 4.11. The van der Waals surface area contributed by atoms with Crippen molar-refractivity contribution in [2.24, 2.45) is 0 Å². The number of hydrogen-bond donors (Lipinski definition) is 1. The molecule has 0 aromatic rings. The monoisotopic (exact) mass is 245 g/mol. The molecule has 1 N–H and O–H groups in total. The van der Waals surface area contributed by atoms with Crippen LogP contribution in [0.25, 0.3) is 0 Å². The van der Waals surface area contributed by atoms with Gasteiger partial charge in [0, 0.05) is 6.42 Å². The number of ketones is 1. The van der Waals surface area contributed by atoms with Gasteiger partial charge in [0.1, 0.15) is 12.6 Å². The van der Waals surface area contributed by atoms with Crippen LogP contribution in [-0.4, -0.2) is 37.1 Å². The van der Waals surface area contributed by atoms with Gasteiger partial charge in [0.15, 0.2) is 5.78 Å². The van der Waals surface area contributed by atoms with Crippen molar-refractivity contribution in [3.8, 4) is 0 Å². The second kappa shape index (κ2) is 8.55. The zero-order valence-electron chi connectivity index (χ0n) is 10.4. The lowest BCUT2D eigenvalue weighted by atomic mass is 10.2. The minimum absolute atomic E-state index is 0.160. The summed E-state index contributed by atoms with van der Waals surface area (Å²) in [4.78, 5) is 33.4. The summed E-state index contributed by atoms with van der Waals surface area (Å²) in [5.74, 6) is -0.674. The molecule has 0 aliphatic heterocycles. The molecule has 0 aromatic carbocycles. The Hall–Kier alpha value is -1.59. The molecule has 0 saturated carbocycles. The van der Waals surface area contributed by atoms with Gasteiger partial charge in [-0.2, -0.15) is 0 Å². The fourth-order valence-electron chi connectivity index (χ4n) is 1.03. The number of alkyl carbamates (subject to hydrolysis) is 1. The summed E-state index contributed by atoms with van der Waals surface area (Å²) >= 11 is 0. The van der Waals surface area contributed by atoms with Gasteiger partial charge in [-0.25, -0.2) is 4.79 Å². The summed E-state index contributed by atoms with van der Waals surface area (Å²) in [5, 5.41) is 2.33. The van der Waals surface area contributed by atoms with Crippen LogP contribution in [0.4, 0.5) is 4.79 Å².